The monoisotopic (exact) mass is 333 g/mol. The molecule has 0 atom stereocenters. The highest BCUT2D eigenvalue weighted by Gasteiger charge is 2.10. The molecule has 0 saturated carbocycles. The lowest BCUT2D eigenvalue weighted by Gasteiger charge is -2.09. The predicted octanol–water partition coefficient (Wildman–Crippen LogP) is 4.20. The molecule has 1 N–H and O–H groups in total. The fourth-order valence-corrected chi connectivity index (χ4v) is 2.83. The van der Waals surface area contributed by atoms with E-state index in [0.717, 1.165) is 29.9 Å². The van der Waals surface area contributed by atoms with Gasteiger partial charge in [0.25, 0.3) is 0 Å². The van der Waals surface area contributed by atoms with E-state index in [1.165, 1.54) is 5.56 Å². The van der Waals surface area contributed by atoms with Crippen LogP contribution >= 0.6 is 0 Å². The van der Waals surface area contributed by atoms with Crippen molar-refractivity contribution in [1.82, 2.24) is 9.78 Å². The highest BCUT2D eigenvalue weighted by atomic mass is 16.1. The van der Waals surface area contributed by atoms with Crippen molar-refractivity contribution in [3.05, 3.63) is 83.6 Å². The number of aromatic nitrogens is 2. The Balaban J connectivity index is 1.56. The van der Waals surface area contributed by atoms with E-state index in [1.807, 2.05) is 54.1 Å². The largest absolute Gasteiger partial charge is 0.311 e. The van der Waals surface area contributed by atoms with Gasteiger partial charge in [-0.3, -0.25) is 4.79 Å². The Morgan fingerprint density at radius 1 is 1.00 bits per heavy atom. The molecule has 1 heterocycles. The van der Waals surface area contributed by atoms with Crippen LogP contribution in [0.2, 0.25) is 0 Å². The predicted molar refractivity (Wildman–Crippen MR) is 101 cm³/mol. The van der Waals surface area contributed by atoms with Gasteiger partial charge in [0.05, 0.1) is 12.2 Å². The number of rotatable bonds is 7. The van der Waals surface area contributed by atoms with Crippen molar-refractivity contribution in [2.75, 3.05) is 5.32 Å². The number of nitrogens with zero attached hydrogens (tertiary/aromatic N) is 2. The summed E-state index contributed by atoms with van der Waals surface area (Å²) in [6, 6.07) is 22.3. The van der Waals surface area contributed by atoms with Crippen LogP contribution in [0.4, 0.5) is 5.82 Å². The van der Waals surface area contributed by atoms with Crippen molar-refractivity contribution >= 4 is 11.7 Å². The van der Waals surface area contributed by atoms with Gasteiger partial charge in [-0.25, -0.2) is 4.68 Å². The molecule has 0 saturated heterocycles. The Kier molecular flexibility index (Phi) is 5.62. The van der Waals surface area contributed by atoms with Gasteiger partial charge in [0.2, 0.25) is 5.91 Å². The molecule has 0 radical (unpaired) electrons. The number of amides is 1. The maximum absolute atomic E-state index is 12.3. The van der Waals surface area contributed by atoms with Crippen molar-refractivity contribution < 1.29 is 4.79 Å². The number of nitrogens with one attached hydrogen (secondary N) is 1. The van der Waals surface area contributed by atoms with E-state index in [2.05, 4.69) is 34.7 Å². The summed E-state index contributed by atoms with van der Waals surface area (Å²) in [5.41, 5.74) is 3.32. The SMILES string of the molecule is Cc1cc(NC(=O)CCCc2ccccc2)n(Cc2ccccc2)n1. The fraction of sp³-hybridized carbons (Fsp3) is 0.238. The van der Waals surface area contributed by atoms with Crippen LogP contribution in [0.1, 0.15) is 29.7 Å². The number of aryl methyl sites for hydroxylation is 2. The lowest BCUT2D eigenvalue weighted by atomic mass is 10.1. The zero-order chi connectivity index (χ0) is 17.5. The van der Waals surface area contributed by atoms with Crippen LogP contribution in [0.15, 0.2) is 66.7 Å². The number of hydrogen-bond donors (Lipinski definition) is 1. The highest BCUT2D eigenvalue weighted by molar-refractivity contribution is 5.89. The van der Waals surface area contributed by atoms with E-state index in [0.29, 0.717) is 13.0 Å². The zero-order valence-corrected chi connectivity index (χ0v) is 14.5. The molecule has 0 fully saturated rings. The maximum Gasteiger partial charge on any atom is 0.225 e. The summed E-state index contributed by atoms with van der Waals surface area (Å²) in [7, 11) is 0. The van der Waals surface area contributed by atoms with Crippen LogP contribution in [0.25, 0.3) is 0 Å². The minimum absolute atomic E-state index is 0.0325. The first kappa shape index (κ1) is 17.0. The van der Waals surface area contributed by atoms with Crippen LogP contribution in [-0.2, 0) is 17.8 Å². The van der Waals surface area contributed by atoms with Crippen LogP contribution in [0.5, 0.6) is 0 Å². The van der Waals surface area contributed by atoms with Gasteiger partial charge in [0.15, 0.2) is 0 Å². The minimum atomic E-state index is 0.0325. The number of hydrogen-bond acceptors (Lipinski definition) is 2. The molecule has 4 nitrogen and oxygen atoms in total. The topological polar surface area (TPSA) is 46.9 Å². The van der Waals surface area contributed by atoms with Gasteiger partial charge in [-0.15, -0.1) is 0 Å². The van der Waals surface area contributed by atoms with Gasteiger partial charge in [-0.2, -0.15) is 5.10 Å². The summed E-state index contributed by atoms with van der Waals surface area (Å²) < 4.78 is 1.85. The molecule has 3 aromatic rings. The number of carbonyl (C=O) groups is 1. The fourth-order valence-electron chi connectivity index (χ4n) is 2.83. The van der Waals surface area contributed by atoms with Crippen LogP contribution in [-0.4, -0.2) is 15.7 Å². The summed E-state index contributed by atoms with van der Waals surface area (Å²) in [6.45, 7) is 2.58. The summed E-state index contributed by atoms with van der Waals surface area (Å²) in [5.74, 6) is 0.788. The van der Waals surface area contributed by atoms with E-state index < -0.39 is 0 Å². The second kappa shape index (κ2) is 8.29. The number of anilines is 1. The highest BCUT2D eigenvalue weighted by Crippen LogP contribution is 2.14. The molecule has 3 rings (SSSR count). The lowest BCUT2D eigenvalue weighted by molar-refractivity contribution is -0.116. The van der Waals surface area contributed by atoms with Crippen molar-refractivity contribution in [2.45, 2.75) is 32.7 Å². The Labute approximate surface area is 148 Å². The molecular formula is C21H23N3O. The molecule has 1 amide bonds. The van der Waals surface area contributed by atoms with E-state index in [9.17, 15) is 4.79 Å². The third-order valence-corrected chi connectivity index (χ3v) is 4.06. The van der Waals surface area contributed by atoms with Gasteiger partial charge < -0.3 is 5.32 Å². The second-order valence-corrected chi connectivity index (χ2v) is 6.20. The van der Waals surface area contributed by atoms with Crippen molar-refractivity contribution in [3.63, 3.8) is 0 Å². The molecular weight excluding hydrogens is 310 g/mol. The molecule has 0 aliphatic heterocycles. The van der Waals surface area contributed by atoms with Gasteiger partial charge in [0.1, 0.15) is 5.82 Å². The summed E-state index contributed by atoms with van der Waals surface area (Å²) >= 11 is 0. The summed E-state index contributed by atoms with van der Waals surface area (Å²) in [5, 5.41) is 7.49. The first-order valence-electron chi connectivity index (χ1n) is 8.63. The molecule has 0 aliphatic rings. The third-order valence-electron chi connectivity index (χ3n) is 4.06. The molecule has 0 bridgehead atoms. The first-order chi connectivity index (χ1) is 12.2. The Bertz CT molecular complexity index is 810. The smallest absolute Gasteiger partial charge is 0.225 e. The molecule has 0 spiro atoms. The van der Waals surface area contributed by atoms with Crippen LogP contribution in [0.3, 0.4) is 0 Å². The van der Waals surface area contributed by atoms with Crippen molar-refractivity contribution in [3.8, 4) is 0 Å². The van der Waals surface area contributed by atoms with Gasteiger partial charge in [0, 0.05) is 12.5 Å². The lowest BCUT2D eigenvalue weighted by Crippen LogP contribution is -2.16. The first-order valence-corrected chi connectivity index (χ1v) is 8.63. The molecule has 25 heavy (non-hydrogen) atoms. The summed E-state index contributed by atoms with van der Waals surface area (Å²) in [6.07, 6.45) is 2.25. The van der Waals surface area contributed by atoms with E-state index in [4.69, 9.17) is 0 Å². The minimum Gasteiger partial charge on any atom is -0.311 e. The van der Waals surface area contributed by atoms with E-state index in [-0.39, 0.29) is 5.91 Å². The van der Waals surface area contributed by atoms with Gasteiger partial charge in [-0.1, -0.05) is 60.7 Å². The zero-order valence-electron chi connectivity index (χ0n) is 14.5. The van der Waals surface area contributed by atoms with E-state index >= 15 is 0 Å². The van der Waals surface area contributed by atoms with Crippen molar-refractivity contribution in [2.24, 2.45) is 0 Å². The molecule has 0 aliphatic carbocycles. The van der Waals surface area contributed by atoms with Gasteiger partial charge in [-0.05, 0) is 30.9 Å². The quantitative estimate of drug-likeness (QED) is 0.704. The molecule has 2 aromatic carbocycles. The Hall–Kier alpha value is -2.88. The number of benzene rings is 2. The molecule has 128 valence electrons. The average molecular weight is 333 g/mol. The van der Waals surface area contributed by atoms with E-state index in [1.54, 1.807) is 0 Å². The molecule has 4 heteroatoms. The Morgan fingerprint density at radius 3 is 2.32 bits per heavy atom. The second-order valence-electron chi connectivity index (χ2n) is 6.20. The van der Waals surface area contributed by atoms with Crippen LogP contribution < -0.4 is 5.32 Å². The molecule has 0 unspecified atom stereocenters. The van der Waals surface area contributed by atoms with Crippen LogP contribution in [0, 0.1) is 6.92 Å². The molecule has 1 aromatic heterocycles. The third kappa shape index (κ3) is 5.05. The normalized spacial score (nSPS) is 10.6. The van der Waals surface area contributed by atoms with Crippen molar-refractivity contribution in [1.29, 1.82) is 0 Å². The Morgan fingerprint density at radius 2 is 1.64 bits per heavy atom. The summed E-state index contributed by atoms with van der Waals surface area (Å²) in [4.78, 5) is 12.3. The number of carbonyl (C=O) groups excluding carboxylic acids is 1. The maximum atomic E-state index is 12.3. The standard InChI is InChI=1S/C21H23N3O/c1-17-15-20(24(23-17)16-19-11-6-3-7-12-19)22-21(25)14-8-13-18-9-4-2-5-10-18/h2-7,9-12,15H,8,13-14,16H2,1H3,(H,22,25). The average Bonchev–Trinajstić information content (AvgIpc) is 2.95. The van der Waals surface area contributed by atoms with Gasteiger partial charge >= 0.3 is 0 Å².